The summed E-state index contributed by atoms with van der Waals surface area (Å²) in [5.74, 6) is 0. The number of fused-ring (bicyclic) bond motifs is 11. The molecule has 0 spiro atoms. The number of aromatic nitrogens is 1. The van der Waals surface area contributed by atoms with Crippen LogP contribution in [0, 0.1) is 0 Å². The van der Waals surface area contributed by atoms with Gasteiger partial charge in [-0.1, -0.05) is 243 Å². The fourth-order valence-electron chi connectivity index (χ4n) is 12.7. The van der Waals surface area contributed by atoms with Crippen molar-refractivity contribution in [3.05, 3.63) is 295 Å². The number of nitrogens with zero attached hydrogens (tertiary/aromatic N) is 1. The van der Waals surface area contributed by atoms with E-state index in [2.05, 4.69) is 273 Å². The van der Waals surface area contributed by atoms with Gasteiger partial charge in [0.15, 0.2) is 0 Å². The second-order valence-corrected chi connectivity index (χ2v) is 19.7. The van der Waals surface area contributed by atoms with Gasteiger partial charge in [-0.25, -0.2) is 4.98 Å². The maximum absolute atomic E-state index is 5.57. The first kappa shape index (κ1) is 41.4. The average Bonchev–Trinajstić information content (AvgIpc) is 3.77. The Bertz CT molecular complexity index is 4510. The Morgan fingerprint density at radius 2 is 0.767 bits per heavy atom. The van der Waals surface area contributed by atoms with E-state index in [9.17, 15) is 0 Å². The van der Waals surface area contributed by atoms with E-state index in [0.717, 1.165) is 38.7 Å². The van der Waals surface area contributed by atoms with E-state index in [0.29, 0.717) is 0 Å². The lowest BCUT2D eigenvalue weighted by Gasteiger charge is -2.34. The molecule has 0 saturated heterocycles. The molecule has 1 aromatic heterocycles. The van der Waals surface area contributed by atoms with Crippen LogP contribution in [0.2, 0.25) is 0 Å². The molecule has 0 radical (unpaired) electrons. The maximum Gasteiger partial charge on any atom is 0.0788 e. The van der Waals surface area contributed by atoms with Gasteiger partial charge in [0.1, 0.15) is 0 Å². The Kier molecular flexibility index (Phi) is 9.24. The summed E-state index contributed by atoms with van der Waals surface area (Å²) in [7, 11) is 0. The standard InChI is InChI=1S/C72H45N/c1-3-24-55(25-4-1)72(56-26-5-2-6-27-56)64-32-15-13-30-60(64)70-65(72)41-40-62-69(70)61-31-14-16-33-66(61)73-71(62)54-23-17-22-50(44-54)51-38-39-59-63(45-51)68(53-37-35-47-19-8-10-21-49(47)43-53)58-29-12-11-28-57(58)67(59)52-36-34-46-18-7-9-20-48(46)42-52/h1-45H. The van der Waals surface area contributed by atoms with E-state index < -0.39 is 5.41 Å². The number of hydrogen-bond donors (Lipinski definition) is 0. The highest BCUT2D eigenvalue weighted by molar-refractivity contribution is 6.23. The smallest absolute Gasteiger partial charge is 0.0788 e. The SMILES string of the molecule is c1ccc(C2(c3ccccc3)c3ccccc3-c3c2ccc2c(-c4cccc(-c5ccc6c(-c7ccc8ccccc8c7)c7ccccc7c(-c7ccc8ccccc8c7)c6c5)c4)nc4ccccc4c32)cc1. The summed E-state index contributed by atoms with van der Waals surface area (Å²) in [6.07, 6.45) is 0. The molecule has 1 heterocycles. The summed E-state index contributed by atoms with van der Waals surface area (Å²) in [5, 5.41) is 13.4. The van der Waals surface area contributed by atoms with Gasteiger partial charge in [0.25, 0.3) is 0 Å². The summed E-state index contributed by atoms with van der Waals surface area (Å²) in [6, 6.07) is 101. The van der Waals surface area contributed by atoms with Gasteiger partial charge in [-0.15, -0.1) is 0 Å². The third-order valence-corrected chi connectivity index (χ3v) is 15.9. The van der Waals surface area contributed by atoms with Crippen molar-refractivity contribution < 1.29 is 0 Å². The first-order valence-electron chi connectivity index (χ1n) is 25.4. The average molecular weight is 924 g/mol. The molecule has 73 heavy (non-hydrogen) atoms. The van der Waals surface area contributed by atoms with Gasteiger partial charge in [-0.3, -0.25) is 0 Å². The summed E-state index contributed by atoms with van der Waals surface area (Å²) < 4.78 is 0. The van der Waals surface area contributed by atoms with Crippen molar-refractivity contribution in [1.82, 2.24) is 4.98 Å². The first-order chi connectivity index (χ1) is 36.2. The molecule has 0 unspecified atom stereocenters. The normalized spacial score (nSPS) is 12.8. The molecule has 1 heteroatoms. The van der Waals surface area contributed by atoms with Crippen molar-refractivity contribution in [2.75, 3.05) is 0 Å². The zero-order valence-electron chi connectivity index (χ0n) is 39.9. The molecule has 0 atom stereocenters. The molecule has 338 valence electrons. The Morgan fingerprint density at radius 1 is 0.260 bits per heavy atom. The zero-order chi connectivity index (χ0) is 48.0. The Balaban J connectivity index is 0.968. The fourth-order valence-corrected chi connectivity index (χ4v) is 12.7. The van der Waals surface area contributed by atoms with Crippen LogP contribution in [0.15, 0.2) is 273 Å². The minimum atomic E-state index is -0.506. The van der Waals surface area contributed by atoms with Crippen LogP contribution in [0.3, 0.4) is 0 Å². The summed E-state index contributed by atoms with van der Waals surface area (Å²) in [6.45, 7) is 0. The van der Waals surface area contributed by atoms with E-state index in [1.54, 1.807) is 0 Å². The highest BCUT2D eigenvalue weighted by Crippen LogP contribution is 2.59. The quantitative estimate of drug-likeness (QED) is 0.120. The fraction of sp³-hybridized carbons (Fsp3) is 0.0139. The van der Waals surface area contributed by atoms with Gasteiger partial charge in [0, 0.05) is 21.7 Å². The van der Waals surface area contributed by atoms with Crippen LogP contribution in [0.1, 0.15) is 22.3 Å². The van der Waals surface area contributed by atoms with E-state index >= 15 is 0 Å². The summed E-state index contributed by atoms with van der Waals surface area (Å²) in [4.78, 5) is 5.57. The van der Waals surface area contributed by atoms with Crippen LogP contribution in [0.5, 0.6) is 0 Å². The van der Waals surface area contributed by atoms with Crippen molar-refractivity contribution in [1.29, 1.82) is 0 Å². The van der Waals surface area contributed by atoms with Gasteiger partial charge >= 0.3 is 0 Å². The van der Waals surface area contributed by atoms with Crippen LogP contribution >= 0.6 is 0 Å². The molecule has 13 aromatic carbocycles. The van der Waals surface area contributed by atoms with Gasteiger partial charge in [0.05, 0.1) is 16.6 Å². The number of para-hydroxylation sites is 1. The maximum atomic E-state index is 5.57. The van der Waals surface area contributed by atoms with Crippen molar-refractivity contribution in [2.24, 2.45) is 0 Å². The lowest BCUT2D eigenvalue weighted by molar-refractivity contribution is 0.769. The zero-order valence-corrected chi connectivity index (χ0v) is 39.9. The van der Waals surface area contributed by atoms with Crippen LogP contribution in [-0.2, 0) is 5.41 Å². The van der Waals surface area contributed by atoms with Crippen LogP contribution < -0.4 is 0 Å². The Labute approximate surface area is 423 Å². The minimum Gasteiger partial charge on any atom is -0.247 e. The Hall–Kier alpha value is -9.43. The number of benzene rings is 13. The number of rotatable bonds is 6. The molecule has 0 N–H and O–H groups in total. The second kappa shape index (κ2) is 16.3. The van der Waals surface area contributed by atoms with Crippen LogP contribution in [0.25, 0.3) is 121 Å². The molecule has 0 saturated carbocycles. The topological polar surface area (TPSA) is 12.9 Å². The van der Waals surface area contributed by atoms with Crippen molar-refractivity contribution >= 4 is 64.8 Å². The van der Waals surface area contributed by atoms with Gasteiger partial charge in [-0.2, -0.15) is 0 Å². The van der Waals surface area contributed by atoms with E-state index in [4.69, 9.17) is 4.98 Å². The number of hydrogen-bond acceptors (Lipinski definition) is 1. The predicted octanol–water partition coefficient (Wildman–Crippen LogP) is 19.0. The molecular formula is C72H45N. The third kappa shape index (κ3) is 6.25. The molecule has 1 nitrogen and oxygen atoms in total. The molecule has 15 rings (SSSR count). The molecule has 1 aliphatic rings. The molecule has 0 amide bonds. The van der Waals surface area contributed by atoms with E-state index in [1.807, 2.05) is 0 Å². The molecule has 0 fully saturated rings. The minimum absolute atomic E-state index is 0.506. The van der Waals surface area contributed by atoms with E-state index in [1.165, 1.54) is 104 Å². The molecular weight excluding hydrogens is 879 g/mol. The van der Waals surface area contributed by atoms with Crippen molar-refractivity contribution in [3.8, 4) is 55.8 Å². The van der Waals surface area contributed by atoms with Gasteiger partial charge < -0.3 is 0 Å². The molecule has 0 bridgehead atoms. The van der Waals surface area contributed by atoms with Crippen molar-refractivity contribution in [2.45, 2.75) is 5.41 Å². The third-order valence-electron chi connectivity index (χ3n) is 15.9. The predicted molar refractivity (Wildman–Crippen MR) is 308 cm³/mol. The molecule has 1 aliphatic carbocycles. The number of pyridine rings is 1. The monoisotopic (exact) mass is 923 g/mol. The highest BCUT2D eigenvalue weighted by atomic mass is 14.7. The van der Waals surface area contributed by atoms with Crippen molar-refractivity contribution in [3.63, 3.8) is 0 Å². The summed E-state index contributed by atoms with van der Waals surface area (Å²) >= 11 is 0. The largest absolute Gasteiger partial charge is 0.247 e. The van der Waals surface area contributed by atoms with Gasteiger partial charge in [-0.05, 0) is 140 Å². The van der Waals surface area contributed by atoms with Crippen LogP contribution in [0.4, 0.5) is 0 Å². The molecule has 0 aliphatic heterocycles. The Morgan fingerprint density at radius 3 is 1.45 bits per heavy atom. The lowest BCUT2D eigenvalue weighted by atomic mass is 9.67. The highest BCUT2D eigenvalue weighted by Gasteiger charge is 2.47. The second-order valence-electron chi connectivity index (χ2n) is 19.7. The molecule has 14 aromatic rings. The van der Waals surface area contributed by atoms with Crippen LogP contribution in [-0.4, -0.2) is 4.98 Å². The lowest BCUT2D eigenvalue weighted by Crippen LogP contribution is -2.28. The summed E-state index contributed by atoms with van der Waals surface area (Å²) in [5.41, 5.74) is 17.4. The van der Waals surface area contributed by atoms with Gasteiger partial charge in [0.2, 0.25) is 0 Å². The van der Waals surface area contributed by atoms with E-state index in [-0.39, 0.29) is 0 Å². The first-order valence-corrected chi connectivity index (χ1v) is 25.4.